The lowest BCUT2D eigenvalue weighted by atomic mass is 9.86. The molecule has 2 amide bonds. The Balaban J connectivity index is 2.05. The topological polar surface area (TPSA) is 146 Å². The van der Waals surface area contributed by atoms with E-state index in [9.17, 15) is 29.7 Å². The quantitative estimate of drug-likeness (QED) is 0.161. The number of rotatable bonds is 11. The van der Waals surface area contributed by atoms with Gasteiger partial charge in [0.25, 0.3) is 5.91 Å². The van der Waals surface area contributed by atoms with Crippen molar-refractivity contribution in [2.75, 3.05) is 20.3 Å². The smallest absolute Gasteiger partial charge is 0.290 e. The molecule has 0 bridgehead atoms. The number of nitrogens with one attached hydrogen (secondary N) is 1. The first-order valence-electron chi connectivity index (χ1n) is 13.5. The van der Waals surface area contributed by atoms with Gasteiger partial charge in [0.15, 0.2) is 11.5 Å². The highest BCUT2D eigenvalue weighted by molar-refractivity contribution is 14.1. The first-order valence-corrected chi connectivity index (χ1v) is 14.6. The average Bonchev–Trinajstić information content (AvgIpc) is 3.23. The highest BCUT2D eigenvalue weighted by atomic mass is 127. The van der Waals surface area contributed by atoms with Gasteiger partial charge in [-0.05, 0) is 59.2 Å². The minimum absolute atomic E-state index is 0.0369. The molecule has 0 saturated heterocycles. The molecule has 1 fully saturated rings. The number of halogens is 1. The second-order valence-corrected chi connectivity index (χ2v) is 11.1. The molecule has 0 aromatic heterocycles. The van der Waals surface area contributed by atoms with Gasteiger partial charge in [0.05, 0.1) is 29.9 Å². The number of Topliss-reactive ketones (excluding diaryl/α,β-unsaturated/α-hetero) is 1. The number of ketones is 1. The largest absolute Gasteiger partial charge is 0.493 e. The van der Waals surface area contributed by atoms with Crippen LogP contribution in [-0.2, 0) is 21.0 Å². The number of aliphatic hydroxyl groups excluding tert-OH is 3. The Kier molecular flexibility index (Phi) is 12.0. The molecule has 1 aromatic carbocycles. The summed E-state index contributed by atoms with van der Waals surface area (Å²) in [6.45, 7) is 1.24. The summed E-state index contributed by atoms with van der Waals surface area (Å²) in [6, 6.07) is 2.24. The van der Waals surface area contributed by atoms with Gasteiger partial charge in [0.1, 0.15) is 12.2 Å². The molecule has 4 N–H and O–H groups in total. The Morgan fingerprint density at radius 2 is 1.82 bits per heavy atom. The van der Waals surface area contributed by atoms with Gasteiger partial charge in [-0.3, -0.25) is 14.4 Å². The molecule has 0 unspecified atom stereocenters. The predicted octanol–water partition coefficient (Wildman–Crippen LogP) is 2.24. The fraction of sp³-hybridized carbons (Fsp3) is 0.607. The molecular formula is C28H39IN2O8. The van der Waals surface area contributed by atoms with Crippen molar-refractivity contribution in [3.05, 3.63) is 32.9 Å². The minimum Gasteiger partial charge on any atom is -0.493 e. The van der Waals surface area contributed by atoms with Crippen LogP contribution in [0.5, 0.6) is 11.5 Å². The van der Waals surface area contributed by atoms with Crippen LogP contribution in [0.1, 0.15) is 63.9 Å². The van der Waals surface area contributed by atoms with E-state index in [0.717, 1.165) is 25.7 Å². The number of amides is 2. The molecule has 39 heavy (non-hydrogen) atoms. The maximum atomic E-state index is 13.5. The molecule has 1 aromatic rings. The maximum Gasteiger partial charge on any atom is 0.290 e. The van der Waals surface area contributed by atoms with Crippen molar-refractivity contribution >= 4 is 40.2 Å². The highest BCUT2D eigenvalue weighted by Crippen LogP contribution is 2.38. The summed E-state index contributed by atoms with van der Waals surface area (Å²) in [5.74, 6) is -0.965. The molecule has 10 nitrogen and oxygen atoms in total. The summed E-state index contributed by atoms with van der Waals surface area (Å²) in [4.78, 5) is 40.7. The third-order valence-electron chi connectivity index (χ3n) is 7.31. The molecule has 0 spiro atoms. The first kappa shape index (κ1) is 31.3. The Morgan fingerprint density at radius 3 is 2.41 bits per heavy atom. The molecule has 11 heteroatoms. The van der Waals surface area contributed by atoms with Crippen molar-refractivity contribution in [3.63, 3.8) is 0 Å². The Bertz CT molecular complexity index is 1050. The van der Waals surface area contributed by atoms with Crippen LogP contribution in [0.15, 0.2) is 23.8 Å². The van der Waals surface area contributed by atoms with Gasteiger partial charge in [-0.2, -0.15) is 0 Å². The lowest BCUT2D eigenvalue weighted by Crippen LogP contribution is -2.59. The second kappa shape index (κ2) is 15.0. The number of ether oxygens (including phenoxy) is 2. The van der Waals surface area contributed by atoms with Gasteiger partial charge >= 0.3 is 0 Å². The number of hydrogen-bond acceptors (Lipinski definition) is 8. The summed E-state index contributed by atoms with van der Waals surface area (Å²) >= 11 is 2.05. The zero-order chi connectivity index (χ0) is 28.5. The van der Waals surface area contributed by atoms with Crippen LogP contribution >= 0.6 is 22.6 Å². The van der Waals surface area contributed by atoms with E-state index in [2.05, 4.69) is 5.32 Å². The summed E-state index contributed by atoms with van der Waals surface area (Å²) < 4.78 is 12.4. The van der Waals surface area contributed by atoms with Crippen LogP contribution in [0.25, 0.3) is 0 Å². The number of carbonyl (C=O) groups excluding carboxylic acids is 3. The van der Waals surface area contributed by atoms with E-state index in [1.807, 2.05) is 22.6 Å². The van der Waals surface area contributed by atoms with Crippen LogP contribution < -0.4 is 14.8 Å². The predicted molar refractivity (Wildman–Crippen MR) is 152 cm³/mol. The lowest BCUT2D eigenvalue weighted by molar-refractivity contribution is -0.152. The molecule has 2 aliphatic rings. The Morgan fingerprint density at radius 1 is 1.13 bits per heavy atom. The molecule has 3 atom stereocenters. The van der Waals surface area contributed by atoms with Crippen LogP contribution in [0.4, 0.5) is 0 Å². The fourth-order valence-corrected chi connectivity index (χ4v) is 6.07. The van der Waals surface area contributed by atoms with E-state index in [-0.39, 0.29) is 38.6 Å². The fourth-order valence-electron chi connectivity index (χ4n) is 5.28. The van der Waals surface area contributed by atoms with Crippen molar-refractivity contribution in [2.24, 2.45) is 0 Å². The molecule has 0 radical (unpaired) electrons. The van der Waals surface area contributed by atoms with Crippen molar-refractivity contribution in [1.29, 1.82) is 0 Å². The van der Waals surface area contributed by atoms with E-state index in [1.165, 1.54) is 18.1 Å². The van der Waals surface area contributed by atoms with Crippen LogP contribution in [0.3, 0.4) is 0 Å². The normalized spacial score (nSPS) is 21.9. The van der Waals surface area contributed by atoms with Crippen LogP contribution in [-0.4, -0.2) is 82.4 Å². The van der Waals surface area contributed by atoms with Crippen molar-refractivity contribution in [3.8, 4) is 11.5 Å². The third-order valence-corrected chi connectivity index (χ3v) is 8.11. The zero-order valence-electron chi connectivity index (χ0n) is 22.5. The molecular weight excluding hydrogens is 619 g/mol. The minimum atomic E-state index is -1.24. The van der Waals surface area contributed by atoms with Gasteiger partial charge in [-0.1, -0.05) is 32.6 Å². The van der Waals surface area contributed by atoms with E-state index >= 15 is 0 Å². The third kappa shape index (κ3) is 7.71. The number of methoxy groups -OCH3 is 1. The number of carbonyl (C=O) groups is 3. The van der Waals surface area contributed by atoms with E-state index in [1.54, 1.807) is 19.1 Å². The molecule has 0 aliphatic heterocycles. The highest BCUT2D eigenvalue weighted by Gasteiger charge is 2.44. The average molecular weight is 659 g/mol. The molecule has 3 rings (SSSR count). The number of hydrogen-bond donors (Lipinski definition) is 4. The summed E-state index contributed by atoms with van der Waals surface area (Å²) in [5, 5.41) is 33.1. The van der Waals surface area contributed by atoms with Crippen molar-refractivity contribution in [1.82, 2.24) is 10.2 Å². The molecule has 2 aliphatic carbocycles. The second-order valence-electron chi connectivity index (χ2n) is 9.92. The Hall–Kier alpha value is -2.22. The van der Waals surface area contributed by atoms with Gasteiger partial charge in [0, 0.05) is 31.0 Å². The van der Waals surface area contributed by atoms with E-state index in [0.29, 0.717) is 39.0 Å². The van der Waals surface area contributed by atoms with E-state index < -0.39 is 35.8 Å². The summed E-state index contributed by atoms with van der Waals surface area (Å²) in [5.41, 5.74) is 0.911. The zero-order valence-corrected chi connectivity index (χ0v) is 24.7. The maximum absolute atomic E-state index is 13.5. The molecule has 1 saturated carbocycles. The standard InChI is InChI=1S/C28H39IN2O8/c1-3-22(34)28(37)31(19-8-6-4-5-7-9-19)21-14-18(27(36)30-10-11-32)15-23(25(21)35)39-26-20(29)12-17(16-33)13-24(26)38-2/h12-13,15,19,21,23,25,32-33,35H,3-11,14,16H2,1-2H3,(H,30,36)/t21-,23+,25+/m1/s1. The van der Waals surface area contributed by atoms with Gasteiger partial charge in [-0.15, -0.1) is 0 Å². The van der Waals surface area contributed by atoms with Gasteiger partial charge in [-0.25, -0.2) is 0 Å². The number of aliphatic hydroxyl groups is 3. The van der Waals surface area contributed by atoms with Gasteiger partial charge < -0.3 is 35.0 Å². The summed E-state index contributed by atoms with van der Waals surface area (Å²) in [7, 11) is 1.46. The van der Waals surface area contributed by atoms with Crippen molar-refractivity contribution < 1.29 is 39.2 Å². The lowest BCUT2D eigenvalue weighted by Gasteiger charge is -2.43. The number of nitrogens with zero attached hydrogens (tertiary/aromatic N) is 1. The van der Waals surface area contributed by atoms with E-state index in [4.69, 9.17) is 9.47 Å². The van der Waals surface area contributed by atoms with Crippen LogP contribution in [0, 0.1) is 3.57 Å². The van der Waals surface area contributed by atoms with Crippen LogP contribution in [0.2, 0.25) is 0 Å². The molecule has 0 heterocycles. The monoisotopic (exact) mass is 658 g/mol. The number of benzene rings is 1. The SMILES string of the molecule is CCC(=O)C(=O)N(C1CCCCCC1)[C@@H]1CC(C(=O)NCCO)=C[C@H](Oc2c(I)cc(CO)cc2OC)[C@H]1O. The van der Waals surface area contributed by atoms with Gasteiger partial charge in [0.2, 0.25) is 11.7 Å². The summed E-state index contributed by atoms with van der Waals surface area (Å²) in [6.07, 6.45) is 4.63. The molecule has 216 valence electrons. The Labute approximate surface area is 242 Å². The van der Waals surface area contributed by atoms with Crippen molar-refractivity contribution in [2.45, 2.75) is 89.2 Å². The first-order chi connectivity index (χ1) is 18.7.